The zero-order valence-corrected chi connectivity index (χ0v) is 12.6. The van der Waals surface area contributed by atoms with E-state index < -0.39 is 18.0 Å². The van der Waals surface area contributed by atoms with Gasteiger partial charge in [0.15, 0.2) is 5.69 Å². The first-order valence-electron chi connectivity index (χ1n) is 6.22. The number of rotatable bonds is 5. The Kier molecular flexibility index (Phi) is 5.20. The van der Waals surface area contributed by atoms with Crippen molar-refractivity contribution < 1.29 is 18.3 Å². The Bertz CT molecular complexity index is 646. The first-order valence-corrected chi connectivity index (χ1v) is 7.14. The van der Waals surface area contributed by atoms with Gasteiger partial charge in [-0.15, -0.1) is 11.6 Å². The Hall–Kier alpha value is -1.44. The van der Waals surface area contributed by atoms with Gasteiger partial charge in [0, 0.05) is 12.7 Å². The predicted octanol–water partition coefficient (Wildman–Crippen LogP) is 3.56. The van der Waals surface area contributed by atoms with Crippen molar-refractivity contribution in [3.05, 3.63) is 41.2 Å². The van der Waals surface area contributed by atoms with E-state index in [-0.39, 0.29) is 23.1 Å². The number of nitrogens with zero attached hydrogens (tertiary/aromatic N) is 2. The molecular weight excluding hydrogens is 342 g/mol. The van der Waals surface area contributed by atoms with E-state index in [1.165, 1.54) is 12.3 Å². The summed E-state index contributed by atoms with van der Waals surface area (Å²) in [5.41, 5.74) is -0.311. The second-order valence-electron chi connectivity index (χ2n) is 4.47. The van der Waals surface area contributed by atoms with E-state index in [2.05, 4.69) is 10.4 Å². The molecule has 0 saturated carbocycles. The molecule has 1 aromatic heterocycles. The maximum absolute atomic E-state index is 12.6. The molecule has 2 aromatic rings. The lowest BCUT2D eigenvalue weighted by Crippen LogP contribution is -2.21. The van der Waals surface area contributed by atoms with Gasteiger partial charge in [-0.25, -0.2) is 4.68 Å². The maximum Gasteiger partial charge on any atom is 0.435 e. The molecular formula is C13H12Cl2F3N3O. The number of aliphatic hydroxyl groups excluding tert-OH is 1. The van der Waals surface area contributed by atoms with Crippen molar-refractivity contribution in [2.75, 3.05) is 17.7 Å². The first-order chi connectivity index (χ1) is 10.3. The molecule has 0 radical (unpaired) electrons. The number of nitrogens with one attached hydrogen (secondary N) is 1. The lowest BCUT2D eigenvalue weighted by atomic mass is 10.2. The molecule has 0 saturated heterocycles. The van der Waals surface area contributed by atoms with Gasteiger partial charge in [0.25, 0.3) is 0 Å². The van der Waals surface area contributed by atoms with Crippen LogP contribution in [0.15, 0.2) is 30.5 Å². The summed E-state index contributed by atoms with van der Waals surface area (Å²) in [6.07, 6.45) is -4.15. The molecule has 1 aromatic carbocycles. The van der Waals surface area contributed by atoms with Crippen LogP contribution >= 0.6 is 23.2 Å². The van der Waals surface area contributed by atoms with E-state index in [0.717, 1.165) is 10.7 Å². The molecule has 0 bridgehead atoms. The first kappa shape index (κ1) is 16.9. The Labute approximate surface area is 134 Å². The van der Waals surface area contributed by atoms with Crippen LogP contribution in [0, 0.1) is 0 Å². The quantitative estimate of drug-likeness (QED) is 0.808. The van der Waals surface area contributed by atoms with E-state index in [9.17, 15) is 18.3 Å². The van der Waals surface area contributed by atoms with Gasteiger partial charge in [0.2, 0.25) is 0 Å². The number of hydrogen-bond acceptors (Lipinski definition) is 3. The second-order valence-corrected chi connectivity index (χ2v) is 5.18. The number of para-hydroxylation sites is 1. The molecule has 0 fully saturated rings. The van der Waals surface area contributed by atoms with E-state index in [0.29, 0.717) is 5.69 Å². The van der Waals surface area contributed by atoms with Crippen LogP contribution in [0.1, 0.15) is 5.69 Å². The van der Waals surface area contributed by atoms with Gasteiger partial charge in [-0.2, -0.15) is 18.3 Å². The highest BCUT2D eigenvalue weighted by Crippen LogP contribution is 2.31. The van der Waals surface area contributed by atoms with Crippen molar-refractivity contribution in [1.82, 2.24) is 9.78 Å². The molecule has 22 heavy (non-hydrogen) atoms. The van der Waals surface area contributed by atoms with E-state index in [1.807, 2.05) is 0 Å². The minimum Gasteiger partial charge on any atom is -0.390 e. The fourth-order valence-electron chi connectivity index (χ4n) is 1.77. The summed E-state index contributed by atoms with van der Waals surface area (Å²) in [7, 11) is 0. The average molecular weight is 354 g/mol. The molecule has 0 aliphatic carbocycles. The van der Waals surface area contributed by atoms with Gasteiger partial charge in [-0.3, -0.25) is 0 Å². The van der Waals surface area contributed by atoms with E-state index in [4.69, 9.17) is 23.2 Å². The third kappa shape index (κ3) is 3.85. The zero-order valence-electron chi connectivity index (χ0n) is 11.1. The molecule has 0 spiro atoms. The van der Waals surface area contributed by atoms with Crippen LogP contribution in [0.25, 0.3) is 5.69 Å². The molecule has 120 valence electrons. The van der Waals surface area contributed by atoms with Crippen molar-refractivity contribution in [3.8, 4) is 5.69 Å². The molecule has 0 aliphatic heterocycles. The lowest BCUT2D eigenvalue weighted by molar-refractivity contribution is -0.141. The van der Waals surface area contributed by atoms with Crippen LogP contribution < -0.4 is 5.32 Å². The van der Waals surface area contributed by atoms with E-state index >= 15 is 0 Å². The standard InChI is InChI=1S/C13H12Cl2F3N3O/c14-6-8(22)7-19-10-3-1-2-9(15)12(10)21-5-4-11(20-21)13(16,17)18/h1-5,8,19,22H,6-7H2. The Balaban J connectivity index is 2.35. The highest BCUT2D eigenvalue weighted by Gasteiger charge is 2.34. The summed E-state index contributed by atoms with van der Waals surface area (Å²) in [5.74, 6) is 0.0306. The molecule has 1 unspecified atom stereocenters. The Morgan fingerprint density at radius 2 is 2.05 bits per heavy atom. The summed E-state index contributed by atoms with van der Waals surface area (Å²) < 4.78 is 39.0. The largest absolute Gasteiger partial charge is 0.435 e. The van der Waals surface area contributed by atoms with Gasteiger partial charge in [-0.1, -0.05) is 17.7 Å². The summed E-state index contributed by atoms with van der Waals surface area (Å²) in [6, 6.07) is 5.65. The maximum atomic E-state index is 12.6. The summed E-state index contributed by atoms with van der Waals surface area (Å²) in [5, 5.41) is 16.1. The van der Waals surface area contributed by atoms with Crippen LogP contribution in [-0.2, 0) is 6.18 Å². The molecule has 1 heterocycles. The highest BCUT2D eigenvalue weighted by molar-refractivity contribution is 6.33. The fourth-order valence-corrected chi connectivity index (χ4v) is 2.14. The smallest absolute Gasteiger partial charge is 0.390 e. The summed E-state index contributed by atoms with van der Waals surface area (Å²) in [4.78, 5) is 0. The van der Waals surface area contributed by atoms with Gasteiger partial charge in [0.1, 0.15) is 5.69 Å². The average Bonchev–Trinajstić information content (AvgIpc) is 2.94. The highest BCUT2D eigenvalue weighted by atomic mass is 35.5. The molecule has 2 N–H and O–H groups in total. The molecule has 4 nitrogen and oxygen atoms in total. The normalized spacial score (nSPS) is 13.2. The van der Waals surface area contributed by atoms with Crippen molar-refractivity contribution >= 4 is 28.9 Å². The van der Waals surface area contributed by atoms with Crippen LogP contribution in [0.5, 0.6) is 0 Å². The van der Waals surface area contributed by atoms with Crippen molar-refractivity contribution in [2.45, 2.75) is 12.3 Å². The molecule has 2 rings (SSSR count). The number of alkyl halides is 4. The number of hydrogen-bond donors (Lipinski definition) is 2. The number of benzene rings is 1. The van der Waals surface area contributed by atoms with E-state index in [1.54, 1.807) is 12.1 Å². The Morgan fingerprint density at radius 3 is 2.64 bits per heavy atom. The number of anilines is 1. The second kappa shape index (κ2) is 6.76. The third-order valence-corrected chi connectivity index (χ3v) is 3.46. The van der Waals surface area contributed by atoms with Gasteiger partial charge in [-0.05, 0) is 18.2 Å². The zero-order chi connectivity index (χ0) is 16.3. The molecule has 1 atom stereocenters. The SMILES string of the molecule is OC(CCl)CNc1cccc(Cl)c1-n1ccc(C(F)(F)F)n1. The molecule has 9 heteroatoms. The van der Waals surface area contributed by atoms with Crippen molar-refractivity contribution in [3.63, 3.8) is 0 Å². The fraction of sp³-hybridized carbons (Fsp3) is 0.308. The summed E-state index contributed by atoms with van der Waals surface area (Å²) >= 11 is 11.6. The number of halogens is 5. The van der Waals surface area contributed by atoms with Crippen LogP contribution in [-0.4, -0.2) is 33.4 Å². The van der Waals surface area contributed by atoms with Gasteiger partial charge >= 0.3 is 6.18 Å². The van der Waals surface area contributed by atoms with Crippen LogP contribution in [0.3, 0.4) is 0 Å². The van der Waals surface area contributed by atoms with Crippen LogP contribution in [0.2, 0.25) is 5.02 Å². The van der Waals surface area contributed by atoms with Crippen molar-refractivity contribution in [2.24, 2.45) is 0 Å². The predicted molar refractivity (Wildman–Crippen MR) is 78.8 cm³/mol. The number of aromatic nitrogens is 2. The Morgan fingerprint density at radius 1 is 1.32 bits per heavy atom. The monoisotopic (exact) mass is 353 g/mol. The minimum absolute atomic E-state index is 0.0306. The summed E-state index contributed by atoms with van der Waals surface area (Å²) in [6.45, 7) is 0.129. The molecule has 0 aliphatic rings. The van der Waals surface area contributed by atoms with Gasteiger partial charge in [0.05, 0.1) is 22.7 Å². The molecule has 0 amide bonds. The number of aliphatic hydroxyl groups is 1. The minimum atomic E-state index is -4.53. The van der Waals surface area contributed by atoms with Crippen molar-refractivity contribution in [1.29, 1.82) is 0 Å². The topological polar surface area (TPSA) is 50.1 Å². The third-order valence-electron chi connectivity index (χ3n) is 2.80. The van der Waals surface area contributed by atoms with Crippen LogP contribution in [0.4, 0.5) is 18.9 Å². The van der Waals surface area contributed by atoms with Gasteiger partial charge < -0.3 is 10.4 Å². The lowest BCUT2D eigenvalue weighted by Gasteiger charge is -2.15.